The van der Waals surface area contributed by atoms with Crippen molar-refractivity contribution in [3.8, 4) is 0 Å². The van der Waals surface area contributed by atoms with E-state index in [1.54, 1.807) is 29.1 Å². The van der Waals surface area contributed by atoms with Crippen molar-refractivity contribution in [2.24, 2.45) is 0 Å². The average Bonchev–Trinajstić information content (AvgIpc) is 3.32. The minimum atomic E-state index is -2.78. The zero-order chi connectivity index (χ0) is 20.5. The Morgan fingerprint density at radius 1 is 1.17 bits per heavy atom. The van der Waals surface area contributed by atoms with Gasteiger partial charge in [-0.3, -0.25) is 14.2 Å². The molecular formula is C19H17Cl2F2N5O. The number of aromatic nitrogens is 4. The Bertz CT molecular complexity index is 1030. The third-order valence-corrected chi connectivity index (χ3v) is 5.23. The molecule has 1 amide bonds. The summed E-state index contributed by atoms with van der Waals surface area (Å²) in [5.74, 6) is 0.0294. The molecule has 4 rings (SSSR count). The fourth-order valence-corrected chi connectivity index (χ4v) is 3.59. The monoisotopic (exact) mass is 439 g/mol. The number of carbonyl (C=O) groups excluding carboxylic acids is 1. The maximum Gasteiger partial charge on any atom is 0.283 e. The van der Waals surface area contributed by atoms with E-state index >= 15 is 0 Å². The third kappa shape index (κ3) is 4.59. The van der Waals surface area contributed by atoms with Crippen molar-refractivity contribution in [3.63, 3.8) is 0 Å². The van der Waals surface area contributed by atoms with Gasteiger partial charge in [0.25, 0.3) is 6.43 Å². The quantitative estimate of drug-likeness (QED) is 0.569. The van der Waals surface area contributed by atoms with Crippen LogP contribution in [0.5, 0.6) is 0 Å². The Balaban J connectivity index is 1.42. The number of nitrogens with one attached hydrogen (secondary N) is 1. The van der Waals surface area contributed by atoms with E-state index in [2.05, 4.69) is 15.5 Å². The lowest BCUT2D eigenvalue weighted by Gasteiger charge is -2.07. The van der Waals surface area contributed by atoms with Gasteiger partial charge in [-0.1, -0.05) is 35.3 Å². The van der Waals surface area contributed by atoms with Crippen LogP contribution < -0.4 is 5.32 Å². The Morgan fingerprint density at radius 2 is 1.90 bits per heavy atom. The number of hydrogen-bond acceptors (Lipinski definition) is 3. The van der Waals surface area contributed by atoms with Crippen molar-refractivity contribution >= 4 is 34.9 Å². The second kappa shape index (κ2) is 8.12. The van der Waals surface area contributed by atoms with Crippen molar-refractivity contribution in [2.45, 2.75) is 38.3 Å². The summed E-state index contributed by atoms with van der Waals surface area (Å²) >= 11 is 12.0. The molecule has 2 aromatic heterocycles. The average molecular weight is 440 g/mol. The van der Waals surface area contributed by atoms with E-state index in [0.717, 1.165) is 18.4 Å². The van der Waals surface area contributed by atoms with Crippen molar-refractivity contribution < 1.29 is 13.6 Å². The van der Waals surface area contributed by atoms with E-state index in [9.17, 15) is 13.6 Å². The van der Waals surface area contributed by atoms with Gasteiger partial charge >= 0.3 is 0 Å². The summed E-state index contributed by atoms with van der Waals surface area (Å²) in [6.45, 7) is 0.313. The number of nitrogens with zero attached hydrogens (tertiary/aromatic N) is 4. The molecule has 10 heteroatoms. The first-order valence-corrected chi connectivity index (χ1v) is 9.78. The summed E-state index contributed by atoms with van der Waals surface area (Å²) in [6, 6.07) is 9.04. The van der Waals surface area contributed by atoms with Crippen LogP contribution >= 0.6 is 23.2 Å². The van der Waals surface area contributed by atoms with Crippen molar-refractivity contribution in [1.82, 2.24) is 19.6 Å². The minimum absolute atomic E-state index is 0.0393. The lowest BCUT2D eigenvalue weighted by Crippen LogP contribution is -2.21. The molecule has 1 aliphatic rings. The largest absolute Gasteiger partial charge is 0.308 e. The van der Waals surface area contributed by atoms with E-state index in [0.29, 0.717) is 23.1 Å². The van der Waals surface area contributed by atoms with Crippen LogP contribution in [-0.4, -0.2) is 25.5 Å². The first-order chi connectivity index (χ1) is 13.9. The van der Waals surface area contributed by atoms with Crippen molar-refractivity contribution in [1.29, 1.82) is 0 Å². The van der Waals surface area contributed by atoms with Crippen LogP contribution in [0, 0.1) is 0 Å². The molecule has 1 aliphatic carbocycles. The first-order valence-electron chi connectivity index (χ1n) is 9.02. The standard InChI is InChI=1S/C19H17Cl2F2N5O/c20-13-5-1-11(2-6-13)9-27-8-7-14(25-27)24-15(29)10-28-18(12-3-4-12)16(21)17(26-28)19(22)23/h1-2,5-8,12,19H,3-4,9-10H2,(H,24,25,29). The van der Waals surface area contributed by atoms with E-state index in [1.807, 2.05) is 12.1 Å². The molecule has 0 saturated heterocycles. The third-order valence-electron chi connectivity index (χ3n) is 4.59. The normalized spacial score (nSPS) is 13.8. The van der Waals surface area contributed by atoms with Crippen LogP contribution in [0.3, 0.4) is 0 Å². The van der Waals surface area contributed by atoms with E-state index < -0.39 is 18.0 Å². The summed E-state index contributed by atoms with van der Waals surface area (Å²) in [7, 11) is 0. The predicted octanol–water partition coefficient (Wildman–Crippen LogP) is 4.89. The Morgan fingerprint density at radius 3 is 2.55 bits per heavy atom. The second-order valence-electron chi connectivity index (χ2n) is 6.89. The molecule has 2 heterocycles. The van der Waals surface area contributed by atoms with Gasteiger partial charge in [0.2, 0.25) is 5.91 Å². The lowest BCUT2D eigenvalue weighted by molar-refractivity contribution is -0.117. The maximum atomic E-state index is 13.1. The fraction of sp³-hybridized carbons (Fsp3) is 0.316. The van der Waals surface area contributed by atoms with Crippen molar-refractivity contribution in [3.05, 3.63) is 63.5 Å². The van der Waals surface area contributed by atoms with Crippen LogP contribution in [-0.2, 0) is 17.9 Å². The van der Waals surface area contributed by atoms with Gasteiger partial charge in [-0.25, -0.2) is 8.78 Å². The molecular weight excluding hydrogens is 423 g/mol. The molecule has 0 aliphatic heterocycles. The molecule has 1 N–H and O–H groups in total. The van der Waals surface area contributed by atoms with Gasteiger partial charge in [0.15, 0.2) is 5.82 Å². The highest BCUT2D eigenvalue weighted by molar-refractivity contribution is 6.32. The van der Waals surface area contributed by atoms with E-state index in [1.165, 1.54) is 4.68 Å². The molecule has 0 radical (unpaired) electrons. The number of halogens is 4. The summed E-state index contributed by atoms with van der Waals surface area (Å²) < 4.78 is 29.2. The van der Waals surface area contributed by atoms with Gasteiger partial charge in [-0.2, -0.15) is 10.2 Å². The molecule has 0 unspecified atom stereocenters. The van der Waals surface area contributed by atoms with E-state index in [-0.39, 0.29) is 17.5 Å². The topological polar surface area (TPSA) is 64.7 Å². The SMILES string of the molecule is O=C(Cn1nc(C(F)F)c(Cl)c1C1CC1)Nc1ccn(Cc2ccc(Cl)cc2)n1. The zero-order valence-electron chi connectivity index (χ0n) is 15.2. The molecule has 152 valence electrons. The van der Waals surface area contributed by atoms with Crippen LogP contribution in [0.4, 0.5) is 14.6 Å². The summed E-state index contributed by atoms with van der Waals surface area (Å²) in [6.07, 6.45) is 0.655. The lowest BCUT2D eigenvalue weighted by atomic mass is 10.2. The number of carbonyl (C=O) groups is 1. The first kappa shape index (κ1) is 19.8. The summed E-state index contributed by atoms with van der Waals surface area (Å²) in [5.41, 5.74) is 1.04. The van der Waals surface area contributed by atoms with Crippen LogP contribution in [0.15, 0.2) is 36.5 Å². The number of anilines is 1. The van der Waals surface area contributed by atoms with Crippen molar-refractivity contribution in [2.75, 3.05) is 5.32 Å². The number of alkyl halides is 2. The summed E-state index contributed by atoms with van der Waals surface area (Å²) in [5, 5.41) is 11.4. The molecule has 29 heavy (non-hydrogen) atoms. The highest BCUT2D eigenvalue weighted by Gasteiger charge is 2.34. The number of benzene rings is 1. The Hall–Kier alpha value is -2.45. The maximum absolute atomic E-state index is 13.1. The van der Waals surface area contributed by atoms with Gasteiger partial charge in [0.05, 0.1) is 17.3 Å². The van der Waals surface area contributed by atoms with E-state index in [4.69, 9.17) is 23.2 Å². The second-order valence-corrected chi connectivity index (χ2v) is 7.70. The molecule has 6 nitrogen and oxygen atoms in total. The molecule has 1 saturated carbocycles. The molecule has 0 spiro atoms. The van der Waals surface area contributed by atoms with Crippen LogP contribution in [0.1, 0.15) is 42.1 Å². The fourth-order valence-electron chi connectivity index (χ4n) is 3.09. The Labute approximate surface area is 175 Å². The highest BCUT2D eigenvalue weighted by atomic mass is 35.5. The number of hydrogen-bond donors (Lipinski definition) is 1. The molecule has 0 atom stereocenters. The van der Waals surface area contributed by atoms with Crippen LogP contribution in [0.25, 0.3) is 0 Å². The number of rotatable bonds is 7. The molecule has 0 bridgehead atoms. The van der Waals surface area contributed by atoms with Gasteiger partial charge in [-0.05, 0) is 30.5 Å². The van der Waals surface area contributed by atoms with Gasteiger partial charge in [-0.15, -0.1) is 0 Å². The molecule has 1 aromatic carbocycles. The predicted molar refractivity (Wildman–Crippen MR) is 106 cm³/mol. The molecule has 3 aromatic rings. The minimum Gasteiger partial charge on any atom is -0.308 e. The molecule has 1 fully saturated rings. The van der Waals surface area contributed by atoms with Crippen LogP contribution in [0.2, 0.25) is 10.0 Å². The zero-order valence-corrected chi connectivity index (χ0v) is 16.7. The van der Waals surface area contributed by atoms with Gasteiger partial charge in [0, 0.05) is 23.2 Å². The Kier molecular flexibility index (Phi) is 5.56. The van der Waals surface area contributed by atoms with Gasteiger partial charge in [0.1, 0.15) is 12.2 Å². The summed E-state index contributed by atoms with van der Waals surface area (Å²) in [4.78, 5) is 12.4. The highest BCUT2D eigenvalue weighted by Crippen LogP contribution is 2.45. The number of amides is 1. The van der Waals surface area contributed by atoms with Gasteiger partial charge < -0.3 is 5.32 Å². The smallest absolute Gasteiger partial charge is 0.283 e.